The average Bonchev–Trinajstić information content (AvgIpc) is 3.09. The summed E-state index contributed by atoms with van der Waals surface area (Å²) in [6.07, 6.45) is 5.17. The van der Waals surface area contributed by atoms with Crippen LogP contribution in [0.1, 0.15) is 25.8 Å². The smallest absolute Gasteiger partial charge is 0.244 e. The molecule has 1 saturated heterocycles. The number of halogens is 1. The molecule has 1 fully saturated rings. The summed E-state index contributed by atoms with van der Waals surface area (Å²) in [4.78, 5) is 14.4. The maximum absolute atomic E-state index is 13.3. The van der Waals surface area contributed by atoms with Crippen molar-refractivity contribution in [2.24, 2.45) is 0 Å². The fraction of sp³-hybridized carbons (Fsp3) is 0.412. The van der Waals surface area contributed by atoms with Gasteiger partial charge in [0.25, 0.3) is 0 Å². The topological polar surface area (TPSA) is 50.2 Å². The van der Waals surface area contributed by atoms with Crippen molar-refractivity contribution in [2.45, 2.75) is 31.8 Å². The van der Waals surface area contributed by atoms with Crippen molar-refractivity contribution in [1.82, 2.24) is 15.1 Å². The number of hydrogen-bond donors (Lipinski definition) is 1. The van der Waals surface area contributed by atoms with E-state index in [1.54, 1.807) is 35.3 Å². The summed E-state index contributed by atoms with van der Waals surface area (Å²) in [5, 5.41) is 7.19. The molecule has 6 heteroatoms. The zero-order valence-electron chi connectivity index (χ0n) is 13.2. The molecule has 5 nitrogen and oxygen atoms in total. The molecule has 1 aromatic carbocycles. The Morgan fingerprint density at radius 1 is 1.35 bits per heavy atom. The predicted molar refractivity (Wildman–Crippen MR) is 86.7 cm³/mol. The van der Waals surface area contributed by atoms with Crippen LogP contribution in [0.15, 0.2) is 42.7 Å². The highest BCUT2D eigenvalue weighted by Gasteiger charge is 2.23. The number of aromatic nitrogens is 2. The first kappa shape index (κ1) is 15.5. The molecule has 1 atom stereocenters. The van der Waals surface area contributed by atoms with Crippen LogP contribution in [0.25, 0.3) is 0 Å². The van der Waals surface area contributed by atoms with E-state index in [1.165, 1.54) is 6.07 Å². The van der Waals surface area contributed by atoms with Crippen LogP contribution < -0.4 is 10.2 Å². The fourth-order valence-corrected chi connectivity index (χ4v) is 2.91. The number of benzene rings is 1. The summed E-state index contributed by atoms with van der Waals surface area (Å²) in [6.45, 7) is 3.46. The molecule has 0 unspecified atom stereocenters. The molecule has 0 spiro atoms. The van der Waals surface area contributed by atoms with Crippen LogP contribution >= 0.6 is 0 Å². The molecule has 1 N–H and O–H groups in total. The van der Waals surface area contributed by atoms with Crippen molar-refractivity contribution in [3.8, 4) is 0 Å². The second-order valence-electron chi connectivity index (χ2n) is 5.91. The molecule has 2 heterocycles. The van der Waals surface area contributed by atoms with E-state index in [1.807, 2.05) is 13.0 Å². The zero-order valence-corrected chi connectivity index (χ0v) is 13.2. The number of amides is 1. The minimum atomic E-state index is -0.314. The number of carbonyl (C=O) groups is 1. The van der Waals surface area contributed by atoms with Gasteiger partial charge in [-0.05, 0) is 44.0 Å². The molecule has 122 valence electrons. The largest absolute Gasteiger partial charge is 0.371 e. The van der Waals surface area contributed by atoms with Crippen molar-refractivity contribution >= 4 is 11.6 Å². The van der Waals surface area contributed by atoms with Crippen LogP contribution in [0.4, 0.5) is 10.1 Å². The van der Waals surface area contributed by atoms with Crippen LogP contribution in [0, 0.1) is 5.82 Å². The van der Waals surface area contributed by atoms with E-state index in [2.05, 4.69) is 15.3 Å². The van der Waals surface area contributed by atoms with Crippen LogP contribution in [0.5, 0.6) is 0 Å². The Labute approximate surface area is 135 Å². The second-order valence-corrected chi connectivity index (χ2v) is 5.91. The van der Waals surface area contributed by atoms with E-state index in [9.17, 15) is 9.18 Å². The highest BCUT2D eigenvalue weighted by molar-refractivity contribution is 5.80. The first-order valence-corrected chi connectivity index (χ1v) is 7.93. The Morgan fingerprint density at radius 2 is 2.13 bits per heavy atom. The minimum absolute atomic E-state index is 0.0158. The van der Waals surface area contributed by atoms with Gasteiger partial charge in [-0.3, -0.25) is 9.48 Å². The number of piperidine rings is 1. The van der Waals surface area contributed by atoms with Crippen LogP contribution in [-0.2, 0) is 4.79 Å². The molecule has 2 aromatic rings. The van der Waals surface area contributed by atoms with E-state index >= 15 is 0 Å². The third-order valence-corrected chi connectivity index (χ3v) is 4.32. The van der Waals surface area contributed by atoms with Gasteiger partial charge in [-0.2, -0.15) is 5.10 Å². The van der Waals surface area contributed by atoms with Gasteiger partial charge in [0, 0.05) is 37.2 Å². The van der Waals surface area contributed by atoms with Gasteiger partial charge in [0.05, 0.1) is 0 Å². The molecule has 0 saturated carbocycles. The number of rotatable bonds is 4. The molecule has 1 amide bonds. The first-order valence-electron chi connectivity index (χ1n) is 7.93. The van der Waals surface area contributed by atoms with Gasteiger partial charge in [0.2, 0.25) is 5.91 Å². The summed E-state index contributed by atoms with van der Waals surface area (Å²) in [6, 6.07) is 8.30. The highest BCUT2D eigenvalue weighted by atomic mass is 19.1. The summed E-state index contributed by atoms with van der Waals surface area (Å²) in [5.41, 5.74) is 0.902. The lowest BCUT2D eigenvalue weighted by Crippen LogP contribution is -2.46. The standard InChI is InChI=1S/C17H21FN4O/c1-13(22-9-3-8-19-22)17(23)20-15-6-10-21(11-7-15)16-5-2-4-14(18)12-16/h2-5,8-9,12-13,15H,6-7,10-11H2,1H3,(H,20,23)/t13-/m0/s1. The summed E-state index contributed by atoms with van der Waals surface area (Å²) < 4.78 is 15.0. The number of anilines is 1. The van der Waals surface area contributed by atoms with E-state index < -0.39 is 0 Å². The van der Waals surface area contributed by atoms with Crippen molar-refractivity contribution in [3.63, 3.8) is 0 Å². The van der Waals surface area contributed by atoms with Crippen molar-refractivity contribution in [2.75, 3.05) is 18.0 Å². The third kappa shape index (κ3) is 3.70. The van der Waals surface area contributed by atoms with Gasteiger partial charge < -0.3 is 10.2 Å². The van der Waals surface area contributed by atoms with Crippen molar-refractivity contribution in [1.29, 1.82) is 0 Å². The molecule has 1 aliphatic rings. The molecular formula is C17H21FN4O. The van der Waals surface area contributed by atoms with Crippen molar-refractivity contribution < 1.29 is 9.18 Å². The van der Waals surface area contributed by atoms with Gasteiger partial charge in [0.1, 0.15) is 11.9 Å². The van der Waals surface area contributed by atoms with Crippen LogP contribution in [0.2, 0.25) is 0 Å². The lowest BCUT2D eigenvalue weighted by Gasteiger charge is -2.34. The van der Waals surface area contributed by atoms with Crippen LogP contribution in [0.3, 0.4) is 0 Å². The summed E-state index contributed by atoms with van der Waals surface area (Å²) in [5.74, 6) is -0.233. The van der Waals surface area contributed by atoms with Crippen LogP contribution in [-0.4, -0.2) is 34.8 Å². The summed E-state index contributed by atoms with van der Waals surface area (Å²) in [7, 11) is 0. The maximum Gasteiger partial charge on any atom is 0.244 e. The predicted octanol–water partition coefficient (Wildman–Crippen LogP) is 2.37. The van der Waals surface area contributed by atoms with Gasteiger partial charge in [-0.25, -0.2) is 4.39 Å². The molecule has 0 radical (unpaired) electrons. The Balaban J connectivity index is 1.52. The van der Waals surface area contributed by atoms with E-state index in [4.69, 9.17) is 0 Å². The maximum atomic E-state index is 13.3. The Morgan fingerprint density at radius 3 is 2.78 bits per heavy atom. The van der Waals surface area contributed by atoms with E-state index in [0.29, 0.717) is 0 Å². The number of nitrogens with one attached hydrogen (secondary N) is 1. The lowest BCUT2D eigenvalue weighted by atomic mass is 10.0. The Bertz CT molecular complexity index is 650. The Kier molecular flexibility index (Phi) is 4.60. The van der Waals surface area contributed by atoms with E-state index in [0.717, 1.165) is 31.6 Å². The van der Waals surface area contributed by atoms with Crippen molar-refractivity contribution in [3.05, 3.63) is 48.5 Å². The molecule has 0 aliphatic carbocycles. The van der Waals surface area contributed by atoms with Gasteiger partial charge in [-0.15, -0.1) is 0 Å². The number of nitrogens with zero attached hydrogens (tertiary/aromatic N) is 3. The SMILES string of the molecule is C[C@@H](C(=O)NC1CCN(c2cccc(F)c2)CC1)n1cccn1. The molecule has 23 heavy (non-hydrogen) atoms. The monoisotopic (exact) mass is 316 g/mol. The normalized spacial score (nSPS) is 17.0. The lowest BCUT2D eigenvalue weighted by molar-refractivity contribution is -0.125. The van der Waals surface area contributed by atoms with Gasteiger partial charge in [0.15, 0.2) is 0 Å². The molecule has 0 bridgehead atoms. The first-order chi connectivity index (χ1) is 11.1. The molecule has 3 rings (SSSR count). The van der Waals surface area contributed by atoms with Gasteiger partial charge in [-0.1, -0.05) is 6.07 Å². The molecule has 1 aromatic heterocycles. The van der Waals surface area contributed by atoms with E-state index in [-0.39, 0.29) is 23.8 Å². The summed E-state index contributed by atoms with van der Waals surface area (Å²) >= 11 is 0. The average molecular weight is 316 g/mol. The fourth-order valence-electron chi connectivity index (χ4n) is 2.91. The zero-order chi connectivity index (χ0) is 16.2. The highest BCUT2D eigenvalue weighted by Crippen LogP contribution is 2.21. The third-order valence-electron chi connectivity index (χ3n) is 4.32. The molecular weight excluding hydrogens is 295 g/mol. The number of hydrogen-bond acceptors (Lipinski definition) is 3. The quantitative estimate of drug-likeness (QED) is 0.942. The minimum Gasteiger partial charge on any atom is -0.371 e. The van der Waals surface area contributed by atoms with Gasteiger partial charge >= 0.3 is 0 Å². The Hall–Kier alpha value is -2.37. The second kappa shape index (κ2) is 6.81. The number of carbonyl (C=O) groups excluding carboxylic acids is 1. The molecule has 1 aliphatic heterocycles.